The SMILES string of the molecule is CCc1ccc(-c2nnc3[nH]c(=O)n(C)c(=O)c3n2)cc1. The predicted molar refractivity (Wildman–Crippen MR) is 78.0 cm³/mol. The Labute approximate surface area is 119 Å². The quantitative estimate of drug-likeness (QED) is 0.745. The summed E-state index contributed by atoms with van der Waals surface area (Å²) in [7, 11) is 1.39. The molecular formula is C14H13N5O2. The minimum absolute atomic E-state index is 0.0945. The number of nitrogens with one attached hydrogen (secondary N) is 1. The van der Waals surface area contributed by atoms with Crippen molar-refractivity contribution in [3.63, 3.8) is 0 Å². The summed E-state index contributed by atoms with van der Waals surface area (Å²) in [6, 6.07) is 7.73. The van der Waals surface area contributed by atoms with Crippen LogP contribution in [-0.4, -0.2) is 24.7 Å². The lowest BCUT2D eigenvalue weighted by atomic mass is 10.1. The zero-order chi connectivity index (χ0) is 15.0. The van der Waals surface area contributed by atoms with Gasteiger partial charge in [-0.25, -0.2) is 9.78 Å². The van der Waals surface area contributed by atoms with E-state index in [0.717, 1.165) is 16.6 Å². The topological polar surface area (TPSA) is 93.5 Å². The van der Waals surface area contributed by atoms with Crippen LogP contribution in [0.3, 0.4) is 0 Å². The number of hydrogen-bond donors (Lipinski definition) is 1. The highest BCUT2D eigenvalue weighted by Gasteiger charge is 2.10. The van der Waals surface area contributed by atoms with Crippen LogP contribution in [0.2, 0.25) is 0 Å². The summed E-state index contributed by atoms with van der Waals surface area (Å²) >= 11 is 0. The van der Waals surface area contributed by atoms with Gasteiger partial charge in [-0.1, -0.05) is 31.2 Å². The fourth-order valence-corrected chi connectivity index (χ4v) is 2.01. The molecule has 1 aromatic carbocycles. The highest BCUT2D eigenvalue weighted by molar-refractivity contribution is 5.70. The minimum atomic E-state index is -0.538. The van der Waals surface area contributed by atoms with Gasteiger partial charge >= 0.3 is 5.69 Å². The summed E-state index contributed by atoms with van der Waals surface area (Å²) in [6.45, 7) is 2.07. The maximum atomic E-state index is 12.0. The number of fused-ring (bicyclic) bond motifs is 1. The lowest BCUT2D eigenvalue weighted by molar-refractivity contribution is 0.781. The maximum absolute atomic E-state index is 12.0. The molecular weight excluding hydrogens is 270 g/mol. The van der Waals surface area contributed by atoms with Crippen molar-refractivity contribution in [3.05, 3.63) is 50.7 Å². The van der Waals surface area contributed by atoms with Gasteiger partial charge in [0.1, 0.15) is 0 Å². The smallest absolute Gasteiger partial charge is 0.288 e. The van der Waals surface area contributed by atoms with E-state index in [1.165, 1.54) is 12.6 Å². The molecule has 0 radical (unpaired) electrons. The first-order valence-electron chi connectivity index (χ1n) is 6.53. The summed E-state index contributed by atoms with van der Waals surface area (Å²) < 4.78 is 0.959. The van der Waals surface area contributed by atoms with E-state index in [1.807, 2.05) is 24.3 Å². The molecule has 0 amide bonds. The molecule has 0 aliphatic carbocycles. The molecule has 7 heteroatoms. The molecule has 21 heavy (non-hydrogen) atoms. The molecule has 0 unspecified atom stereocenters. The van der Waals surface area contributed by atoms with Crippen molar-refractivity contribution in [2.75, 3.05) is 0 Å². The van der Waals surface area contributed by atoms with E-state index < -0.39 is 11.2 Å². The van der Waals surface area contributed by atoms with Crippen molar-refractivity contribution in [1.82, 2.24) is 24.7 Å². The van der Waals surface area contributed by atoms with Crippen LogP contribution in [0.1, 0.15) is 12.5 Å². The first-order valence-corrected chi connectivity index (χ1v) is 6.53. The van der Waals surface area contributed by atoms with Crippen LogP contribution < -0.4 is 11.2 Å². The van der Waals surface area contributed by atoms with Crippen LogP contribution in [-0.2, 0) is 13.5 Å². The number of aromatic nitrogens is 5. The summed E-state index contributed by atoms with van der Waals surface area (Å²) in [5.41, 5.74) is 1.14. The standard InChI is InChI=1S/C14H13N5O2/c1-3-8-4-6-9(7-5-8)11-15-10-12(18-17-11)16-14(21)19(2)13(10)20/h4-7H,3H2,1-2H3,(H,16,18,21). The van der Waals surface area contributed by atoms with Gasteiger partial charge in [0.25, 0.3) is 5.56 Å². The number of benzene rings is 1. The second-order valence-corrected chi connectivity index (χ2v) is 4.68. The van der Waals surface area contributed by atoms with Gasteiger partial charge < -0.3 is 0 Å². The van der Waals surface area contributed by atoms with E-state index >= 15 is 0 Å². The van der Waals surface area contributed by atoms with Crippen LogP contribution >= 0.6 is 0 Å². The molecule has 0 saturated carbocycles. The third-order valence-electron chi connectivity index (χ3n) is 3.34. The van der Waals surface area contributed by atoms with Gasteiger partial charge in [-0.15, -0.1) is 10.2 Å². The molecule has 0 spiro atoms. The molecule has 1 N–H and O–H groups in total. The Hall–Kier alpha value is -2.83. The third-order valence-corrected chi connectivity index (χ3v) is 3.34. The van der Waals surface area contributed by atoms with Crippen molar-refractivity contribution >= 4 is 11.2 Å². The van der Waals surface area contributed by atoms with Crippen LogP contribution in [0.5, 0.6) is 0 Å². The molecule has 0 fully saturated rings. The normalized spacial score (nSPS) is 11.0. The number of aromatic amines is 1. The van der Waals surface area contributed by atoms with Crippen LogP contribution in [0, 0.1) is 0 Å². The number of H-pyrrole nitrogens is 1. The Balaban J connectivity index is 2.20. The Morgan fingerprint density at radius 3 is 2.52 bits per heavy atom. The van der Waals surface area contributed by atoms with Gasteiger partial charge in [-0.2, -0.15) is 0 Å². The van der Waals surface area contributed by atoms with Crippen molar-refractivity contribution in [2.45, 2.75) is 13.3 Å². The highest BCUT2D eigenvalue weighted by Crippen LogP contribution is 2.15. The van der Waals surface area contributed by atoms with Gasteiger partial charge in [0.05, 0.1) is 0 Å². The molecule has 0 aliphatic rings. The molecule has 0 atom stereocenters. The van der Waals surface area contributed by atoms with Crippen molar-refractivity contribution in [1.29, 1.82) is 0 Å². The number of aryl methyl sites for hydroxylation is 1. The molecule has 3 rings (SSSR count). The molecule has 2 aromatic heterocycles. The van der Waals surface area contributed by atoms with E-state index in [-0.39, 0.29) is 11.2 Å². The average Bonchev–Trinajstić information content (AvgIpc) is 2.53. The van der Waals surface area contributed by atoms with Gasteiger partial charge in [0, 0.05) is 12.6 Å². The number of hydrogen-bond acceptors (Lipinski definition) is 5. The van der Waals surface area contributed by atoms with Crippen molar-refractivity contribution < 1.29 is 0 Å². The second-order valence-electron chi connectivity index (χ2n) is 4.68. The van der Waals surface area contributed by atoms with E-state index in [9.17, 15) is 9.59 Å². The molecule has 0 aliphatic heterocycles. The average molecular weight is 283 g/mol. The summed E-state index contributed by atoms with van der Waals surface area (Å²) in [5, 5.41) is 7.85. The maximum Gasteiger partial charge on any atom is 0.329 e. The Morgan fingerprint density at radius 2 is 1.86 bits per heavy atom. The van der Waals surface area contributed by atoms with Gasteiger partial charge in [-0.3, -0.25) is 14.3 Å². The van der Waals surface area contributed by atoms with Crippen LogP contribution in [0.25, 0.3) is 22.6 Å². The Bertz CT molecular complexity index is 925. The summed E-state index contributed by atoms with van der Waals surface area (Å²) in [6.07, 6.45) is 0.943. The van der Waals surface area contributed by atoms with Crippen LogP contribution in [0.15, 0.2) is 33.9 Å². The summed E-state index contributed by atoms with van der Waals surface area (Å²) in [5.74, 6) is 0.356. The largest absolute Gasteiger partial charge is 0.329 e. The Kier molecular flexibility index (Phi) is 3.09. The van der Waals surface area contributed by atoms with Gasteiger partial charge in [0.15, 0.2) is 17.0 Å². The summed E-state index contributed by atoms with van der Waals surface area (Å²) in [4.78, 5) is 30.2. The third kappa shape index (κ3) is 2.22. The molecule has 3 aromatic rings. The van der Waals surface area contributed by atoms with E-state index in [1.54, 1.807) is 0 Å². The molecule has 0 saturated heterocycles. The highest BCUT2D eigenvalue weighted by atomic mass is 16.2. The van der Waals surface area contributed by atoms with Gasteiger partial charge in [-0.05, 0) is 12.0 Å². The van der Waals surface area contributed by atoms with Gasteiger partial charge in [0.2, 0.25) is 0 Å². The minimum Gasteiger partial charge on any atom is -0.288 e. The molecule has 106 valence electrons. The molecule has 7 nitrogen and oxygen atoms in total. The first kappa shape index (κ1) is 13.2. The van der Waals surface area contributed by atoms with E-state index in [2.05, 4.69) is 27.1 Å². The van der Waals surface area contributed by atoms with Crippen LogP contribution in [0.4, 0.5) is 0 Å². The lowest BCUT2D eigenvalue weighted by Gasteiger charge is -2.03. The number of nitrogens with zero attached hydrogens (tertiary/aromatic N) is 4. The van der Waals surface area contributed by atoms with E-state index in [4.69, 9.17) is 0 Å². The molecule has 2 heterocycles. The predicted octanol–water partition coefficient (Wildman–Crippen LogP) is 0.641. The van der Waals surface area contributed by atoms with Crippen molar-refractivity contribution in [2.24, 2.45) is 7.05 Å². The zero-order valence-electron chi connectivity index (χ0n) is 11.6. The second kappa shape index (κ2) is 4.93. The molecule has 0 bridgehead atoms. The lowest BCUT2D eigenvalue weighted by Crippen LogP contribution is -2.33. The Morgan fingerprint density at radius 1 is 1.14 bits per heavy atom. The fraction of sp³-hybridized carbons (Fsp3) is 0.214. The monoisotopic (exact) mass is 283 g/mol. The van der Waals surface area contributed by atoms with Crippen molar-refractivity contribution in [3.8, 4) is 11.4 Å². The fourth-order valence-electron chi connectivity index (χ4n) is 2.01. The number of rotatable bonds is 2. The zero-order valence-corrected chi connectivity index (χ0v) is 11.6. The first-order chi connectivity index (χ1) is 10.1. The van der Waals surface area contributed by atoms with E-state index in [0.29, 0.717) is 5.82 Å².